The number of nitrogens with zero attached hydrogens (tertiary/aromatic N) is 1. The van der Waals surface area contributed by atoms with E-state index in [9.17, 15) is 9.59 Å². The van der Waals surface area contributed by atoms with E-state index >= 15 is 0 Å². The van der Waals surface area contributed by atoms with Crippen molar-refractivity contribution in [3.8, 4) is 5.75 Å². The quantitative estimate of drug-likeness (QED) is 0.643. The van der Waals surface area contributed by atoms with Gasteiger partial charge < -0.3 is 15.2 Å². The third kappa shape index (κ3) is 6.23. The molecule has 0 saturated carbocycles. The van der Waals surface area contributed by atoms with Crippen molar-refractivity contribution in [3.05, 3.63) is 59.2 Å². The van der Waals surface area contributed by atoms with Gasteiger partial charge in [0.25, 0.3) is 5.91 Å². The van der Waals surface area contributed by atoms with Crippen LogP contribution in [0.15, 0.2) is 47.5 Å². The van der Waals surface area contributed by atoms with Crippen LogP contribution in [-0.2, 0) is 11.2 Å². The van der Waals surface area contributed by atoms with Gasteiger partial charge in [-0.1, -0.05) is 24.3 Å². The number of carbonyl (C=O) groups excluding carboxylic acids is 1. The third-order valence-corrected chi connectivity index (χ3v) is 4.36. The van der Waals surface area contributed by atoms with E-state index in [-0.39, 0.29) is 18.9 Å². The van der Waals surface area contributed by atoms with Gasteiger partial charge in [-0.2, -0.15) is 0 Å². The fraction of sp³-hybridized carbons (Fsp3) is 0.318. The number of aliphatic carboxylic acids is 1. The van der Waals surface area contributed by atoms with Crippen LogP contribution in [0.25, 0.3) is 0 Å². The van der Waals surface area contributed by atoms with E-state index in [1.54, 1.807) is 19.2 Å². The molecule has 0 radical (unpaired) electrons. The van der Waals surface area contributed by atoms with Gasteiger partial charge >= 0.3 is 5.97 Å². The maximum Gasteiger partial charge on any atom is 0.305 e. The normalized spacial score (nSPS) is 11.2. The number of ether oxygens (including phenoxy) is 1. The zero-order chi connectivity index (χ0) is 20.5. The lowest BCUT2D eigenvalue weighted by Crippen LogP contribution is -2.25. The van der Waals surface area contributed by atoms with Crippen molar-refractivity contribution in [2.24, 2.45) is 4.99 Å². The first kappa shape index (κ1) is 21.2. The van der Waals surface area contributed by atoms with Crippen molar-refractivity contribution < 1.29 is 19.4 Å². The summed E-state index contributed by atoms with van der Waals surface area (Å²) in [4.78, 5) is 27.4. The van der Waals surface area contributed by atoms with Crippen LogP contribution in [0.3, 0.4) is 0 Å². The van der Waals surface area contributed by atoms with Gasteiger partial charge in [0.15, 0.2) is 0 Å². The van der Waals surface area contributed by atoms with Crippen LogP contribution in [-0.4, -0.2) is 36.3 Å². The minimum Gasteiger partial charge on any atom is -0.496 e. The molecule has 2 aromatic rings. The number of carbonyl (C=O) groups is 2. The number of hydrogen-bond donors (Lipinski definition) is 2. The molecule has 148 valence electrons. The third-order valence-electron chi connectivity index (χ3n) is 4.36. The molecule has 0 aliphatic rings. The van der Waals surface area contributed by atoms with Crippen LogP contribution < -0.4 is 10.1 Å². The predicted octanol–water partition coefficient (Wildman–Crippen LogP) is 3.93. The molecule has 0 unspecified atom stereocenters. The van der Waals surface area contributed by atoms with Gasteiger partial charge in [0, 0.05) is 17.8 Å². The maximum absolute atomic E-state index is 12.2. The average molecular weight is 382 g/mol. The number of amides is 1. The van der Waals surface area contributed by atoms with Crippen molar-refractivity contribution >= 4 is 23.3 Å². The molecular weight excluding hydrogens is 356 g/mol. The summed E-state index contributed by atoms with van der Waals surface area (Å²) in [6.45, 7) is 4.01. The van der Waals surface area contributed by atoms with Crippen molar-refractivity contribution in [1.29, 1.82) is 0 Å². The van der Waals surface area contributed by atoms with Gasteiger partial charge in [-0.25, -0.2) is 0 Å². The number of benzene rings is 2. The molecule has 6 nitrogen and oxygen atoms in total. The average Bonchev–Trinajstić information content (AvgIpc) is 2.67. The second-order valence-electron chi connectivity index (χ2n) is 6.56. The van der Waals surface area contributed by atoms with Crippen LogP contribution >= 0.6 is 0 Å². The number of hydrogen-bond acceptors (Lipinski definition) is 4. The lowest BCUT2D eigenvalue weighted by molar-refractivity contribution is -0.136. The standard InChI is InChI=1S/C22H26N2O4/c1-15-8-10-18(22(27)23-13-12-21(25)26)14-19(15)24-16(2)9-11-17-6-4-5-7-20(17)28-3/h4-8,10,14H,9,11-13H2,1-3H3,(H,23,27)(H,25,26). The van der Waals surface area contributed by atoms with Crippen molar-refractivity contribution in [2.45, 2.75) is 33.1 Å². The van der Waals surface area contributed by atoms with E-state index in [1.807, 2.05) is 44.2 Å². The van der Waals surface area contributed by atoms with Gasteiger partial charge in [-0.3, -0.25) is 14.6 Å². The molecule has 0 aromatic heterocycles. The highest BCUT2D eigenvalue weighted by Gasteiger charge is 2.09. The SMILES string of the molecule is COc1ccccc1CCC(C)=Nc1cc(C(=O)NCCC(=O)O)ccc1C. The van der Waals surface area contributed by atoms with Gasteiger partial charge in [-0.05, 0) is 56.0 Å². The molecule has 2 N–H and O–H groups in total. The Morgan fingerprint density at radius 1 is 1.14 bits per heavy atom. The van der Waals surface area contributed by atoms with Crippen LogP contribution in [0.5, 0.6) is 5.75 Å². The van der Waals surface area contributed by atoms with Gasteiger partial charge in [0.1, 0.15) is 5.75 Å². The Morgan fingerprint density at radius 3 is 2.61 bits per heavy atom. The molecular formula is C22H26N2O4. The summed E-state index contributed by atoms with van der Waals surface area (Å²) in [5.41, 5.74) is 4.26. The number of rotatable bonds is 9. The summed E-state index contributed by atoms with van der Waals surface area (Å²) >= 11 is 0. The first-order chi connectivity index (χ1) is 13.4. The molecule has 0 aliphatic carbocycles. The molecule has 2 rings (SSSR count). The zero-order valence-corrected chi connectivity index (χ0v) is 16.5. The fourth-order valence-corrected chi connectivity index (χ4v) is 2.74. The molecule has 1 amide bonds. The first-order valence-corrected chi connectivity index (χ1v) is 9.17. The summed E-state index contributed by atoms with van der Waals surface area (Å²) in [5, 5.41) is 11.3. The largest absolute Gasteiger partial charge is 0.496 e. The van der Waals surface area contributed by atoms with E-state index in [1.165, 1.54) is 0 Å². The van der Waals surface area contributed by atoms with Crippen LogP contribution in [0.2, 0.25) is 0 Å². The molecule has 0 aliphatic heterocycles. The zero-order valence-electron chi connectivity index (χ0n) is 16.5. The highest BCUT2D eigenvalue weighted by atomic mass is 16.5. The molecule has 2 aromatic carbocycles. The second-order valence-corrected chi connectivity index (χ2v) is 6.56. The van der Waals surface area contributed by atoms with Crippen molar-refractivity contribution in [3.63, 3.8) is 0 Å². The number of methoxy groups -OCH3 is 1. The molecule has 0 saturated heterocycles. The number of aliphatic imine (C=N–C) groups is 1. The van der Waals surface area contributed by atoms with Crippen LogP contribution in [0.1, 0.15) is 41.3 Å². The van der Waals surface area contributed by atoms with Gasteiger partial charge in [0.2, 0.25) is 0 Å². The fourth-order valence-electron chi connectivity index (χ4n) is 2.74. The monoisotopic (exact) mass is 382 g/mol. The molecule has 0 spiro atoms. The maximum atomic E-state index is 12.2. The summed E-state index contributed by atoms with van der Waals surface area (Å²) in [6.07, 6.45) is 1.48. The Labute approximate surface area is 165 Å². The summed E-state index contributed by atoms with van der Waals surface area (Å²) < 4.78 is 5.38. The number of carboxylic acids is 1. The number of nitrogens with one attached hydrogen (secondary N) is 1. The van der Waals surface area contributed by atoms with Crippen LogP contribution in [0, 0.1) is 6.92 Å². The Bertz CT molecular complexity index is 875. The van der Waals surface area contributed by atoms with E-state index in [0.29, 0.717) is 5.56 Å². The lowest BCUT2D eigenvalue weighted by Gasteiger charge is -2.09. The summed E-state index contributed by atoms with van der Waals surface area (Å²) in [7, 11) is 1.66. The highest BCUT2D eigenvalue weighted by Crippen LogP contribution is 2.23. The molecule has 0 fully saturated rings. The highest BCUT2D eigenvalue weighted by molar-refractivity contribution is 5.96. The smallest absolute Gasteiger partial charge is 0.305 e. The molecule has 28 heavy (non-hydrogen) atoms. The summed E-state index contributed by atoms with van der Waals surface area (Å²) in [5.74, 6) is -0.379. The number of para-hydroxylation sites is 1. The number of aryl methyl sites for hydroxylation is 2. The Balaban J connectivity index is 2.07. The van der Waals surface area contributed by atoms with E-state index in [2.05, 4.69) is 10.3 Å². The molecule has 0 bridgehead atoms. The minimum atomic E-state index is -0.944. The van der Waals surface area contributed by atoms with E-state index < -0.39 is 5.97 Å². The van der Waals surface area contributed by atoms with Crippen LogP contribution in [0.4, 0.5) is 5.69 Å². The van der Waals surface area contributed by atoms with Crippen molar-refractivity contribution in [2.75, 3.05) is 13.7 Å². The molecule has 0 heterocycles. The molecule has 0 atom stereocenters. The van der Waals surface area contributed by atoms with E-state index in [4.69, 9.17) is 9.84 Å². The first-order valence-electron chi connectivity index (χ1n) is 9.17. The number of carboxylic acid groups (broad SMARTS) is 1. The topological polar surface area (TPSA) is 88.0 Å². The van der Waals surface area contributed by atoms with Gasteiger partial charge in [-0.15, -0.1) is 0 Å². The van der Waals surface area contributed by atoms with Gasteiger partial charge in [0.05, 0.1) is 19.2 Å². The van der Waals surface area contributed by atoms with Crippen molar-refractivity contribution in [1.82, 2.24) is 5.32 Å². The molecule has 6 heteroatoms. The Hall–Kier alpha value is -3.15. The predicted molar refractivity (Wildman–Crippen MR) is 110 cm³/mol. The Kier molecular flexibility index (Phi) is 7.75. The van der Waals surface area contributed by atoms with E-state index in [0.717, 1.165) is 41.1 Å². The summed E-state index contributed by atoms with van der Waals surface area (Å²) in [6, 6.07) is 13.2. The lowest BCUT2D eigenvalue weighted by atomic mass is 10.1. The Morgan fingerprint density at radius 2 is 1.89 bits per heavy atom. The minimum absolute atomic E-state index is 0.0958. The second kappa shape index (κ2) is 10.3.